The summed E-state index contributed by atoms with van der Waals surface area (Å²) in [7, 11) is 0. The standard InChI is InChI=1S/C24H28N2O5/c1-5-30-20-8-6-19(7-9-20)26-13-18(12-22(26)28)24(29)31-14-21(27)25-23-16(3)10-15(2)11-17(23)4/h6-11,18H,5,12-14H2,1-4H3,(H,25,27)/t18-/m1/s1. The van der Waals surface area contributed by atoms with Crippen LogP contribution in [0.15, 0.2) is 36.4 Å². The molecule has 1 heterocycles. The highest BCUT2D eigenvalue weighted by atomic mass is 16.5. The van der Waals surface area contributed by atoms with Gasteiger partial charge in [-0.05, 0) is 63.1 Å². The Labute approximate surface area is 182 Å². The van der Waals surface area contributed by atoms with E-state index in [0.717, 1.165) is 28.1 Å². The van der Waals surface area contributed by atoms with Crippen molar-refractivity contribution in [3.63, 3.8) is 0 Å². The molecular weight excluding hydrogens is 396 g/mol. The molecule has 1 saturated heterocycles. The van der Waals surface area contributed by atoms with Crippen LogP contribution >= 0.6 is 0 Å². The van der Waals surface area contributed by atoms with Gasteiger partial charge in [-0.25, -0.2) is 0 Å². The van der Waals surface area contributed by atoms with Crippen LogP contribution < -0.4 is 15.0 Å². The summed E-state index contributed by atoms with van der Waals surface area (Å²) in [5.74, 6) is -0.986. The van der Waals surface area contributed by atoms with Gasteiger partial charge in [-0.3, -0.25) is 14.4 Å². The molecule has 1 N–H and O–H groups in total. The number of nitrogens with one attached hydrogen (secondary N) is 1. The molecule has 2 aromatic rings. The van der Waals surface area contributed by atoms with Crippen LogP contribution in [0.2, 0.25) is 0 Å². The van der Waals surface area contributed by atoms with Crippen molar-refractivity contribution in [1.82, 2.24) is 0 Å². The molecule has 2 aromatic carbocycles. The maximum Gasteiger partial charge on any atom is 0.311 e. The lowest BCUT2D eigenvalue weighted by molar-refractivity contribution is -0.151. The number of carbonyl (C=O) groups is 3. The van der Waals surface area contributed by atoms with E-state index in [9.17, 15) is 14.4 Å². The van der Waals surface area contributed by atoms with E-state index in [1.165, 1.54) is 0 Å². The fraction of sp³-hybridized carbons (Fsp3) is 0.375. The Morgan fingerprint density at radius 1 is 1.10 bits per heavy atom. The Bertz CT molecular complexity index is 961. The molecule has 1 aliphatic rings. The van der Waals surface area contributed by atoms with Gasteiger partial charge in [0.1, 0.15) is 5.75 Å². The van der Waals surface area contributed by atoms with Gasteiger partial charge in [0.05, 0.1) is 12.5 Å². The smallest absolute Gasteiger partial charge is 0.311 e. The van der Waals surface area contributed by atoms with Crippen molar-refractivity contribution in [3.05, 3.63) is 53.1 Å². The SMILES string of the molecule is CCOc1ccc(N2C[C@H](C(=O)OCC(=O)Nc3c(C)cc(C)cc3C)CC2=O)cc1. The number of rotatable bonds is 7. The van der Waals surface area contributed by atoms with Crippen LogP contribution in [0.4, 0.5) is 11.4 Å². The number of benzene rings is 2. The van der Waals surface area contributed by atoms with Gasteiger partial charge in [0.25, 0.3) is 5.91 Å². The van der Waals surface area contributed by atoms with Crippen molar-refractivity contribution >= 4 is 29.2 Å². The Morgan fingerprint density at radius 3 is 2.35 bits per heavy atom. The third kappa shape index (κ3) is 5.42. The molecule has 7 heteroatoms. The second-order valence-corrected chi connectivity index (χ2v) is 7.76. The highest BCUT2D eigenvalue weighted by Gasteiger charge is 2.36. The highest BCUT2D eigenvalue weighted by Crippen LogP contribution is 2.27. The molecule has 3 rings (SSSR count). The largest absolute Gasteiger partial charge is 0.494 e. The fourth-order valence-corrected chi connectivity index (χ4v) is 3.81. The zero-order valence-electron chi connectivity index (χ0n) is 18.4. The first-order valence-electron chi connectivity index (χ1n) is 10.4. The number of amides is 2. The lowest BCUT2D eigenvalue weighted by Crippen LogP contribution is -2.28. The molecule has 7 nitrogen and oxygen atoms in total. The van der Waals surface area contributed by atoms with Gasteiger partial charge in [0.15, 0.2) is 6.61 Å². The van der Waals surface area contributed by atoms with Gasteiger partial charge in [-0.1, -0.05) is 17.7 Å². The molecule has 0 unspecified atom stereocenters. The van der Waals surface area contributed by atoms with E-state index < -0.39 is 17.8 Å². The van der Waals surface area contributed by atoms with Crippen molar-refractivity contribution < 1.29 is 23.9 Å². The number of hydrogen-bond donors (Lipinski definition) is 1. The van der Waals surface area contributed by atoms with Crippen LogP contribution in [0.1, 0.15) is 30.0 Å². The van der Waals surface area contributed by atoms with Gasteiger partial charge in [0, 0.05) is 24.3 Å². The first-order valence-corrected chi connectivity index (χ1v) is 10.4. The molecule has 0 saturated carbocycles. The van der Waals surface area contributed by atoms with Gasteiger partial charge in [0.2, 0.25) is 5.91 Å². The lowest BCUT2D eigenvalue weighted by atomic mass is 10.1. The van der Waals surface area contributed by atoms with E-state index in [1.807, 2.05) is 39.8 Å². The minimum absolute atomic E-state index is 0.0594. The summed E-state index contributed by atoms with van der Waals surface area (Å²) < 4.78 is 10.6. The highest BCUT2D eigenvalue weighted by molar-refractivity contribution is 6.00. The first kappa shape index (κ1) is 22.3. The number of carbonyl (C=O) groups excluding carboxylic acids is 3. The van der Waals surface area contributed by atoms with Crippen LogP contribution in [0.5, 0.6) is 5.75 Å². The van der Waals surface area contributed by atoms with Crippen LogP contribution in [0.25, 0.3) is 0 Å². The van der Waals surface area contributed by atoms with Crippen LogP contribution in [-0.4, -0.2) is 37.5 Å². The molecule has 0 bridgehead atoms. The van der Waals surface area contributed by atoms with Gasteiger partial charge >= 0.3 is 5.97 Å². The summed E-state index contributed by atoms with van der Waals surface area (Å²) >= 11 is 0. The van der Waals surface area contributed by atoms with Gasteiger partial charge in [-0.15, -0.1) is 0 Å². The number of nitrogens with zero attached hydrogens (tertiary/aromatic N) is 1. The number of hydrogen-bond acceptors (Lipinski definition) is 5. The minimum Gasteiger partial charge on any atom is -0.494 e. The van der Waals surface area contributed by atoms with E-state index in [-0.39, 0.29) is 25.5 Å². The Hall–Kier alpha value is -3.35. The van der Waals surface area contributed by atoms with Crippen molar-refractivity contribution in [2.75, 3.05) is 30.0 Å². The summed E-state index contributed by atoms with van der Waals surface area (Å²) in [5, 5.41) is 2.81. The maximum atomic E-state index is 12.4. The fourth-order valence-electron chi connectivity index (χ4n) is 3.81. The summed E-state index contributed by atoms with van der Waals surface area (Å²) in [4.78, 5) is 38.7. The molecule has 0 spiro atoms. The molecule has 1 atom stereocenters. The second kappa shape index (κ2) is 9.64. The van der Waals surface area contributed by atoms with Gasteiger partial charge in [-0.2, -0.15) is 0 Å². The maximum absolute atomic E-state index is 12.4. The molecule has 0 radical (unpaired) electrons. The number of anilines is 2. The Balaban J connectivity index is 1.54. The molecule has 0 aromatic heterocycles. The predicted molar refractivity (Wildman–Crippen MR) is 118 cm³/mol. The topological polar surface area (TPSA) is 84.9 Å². The van der Waals surface area contributed by atoms with E-state index >= 15 is 0 Å². The molecule has 2 amide bonds. The van der Waals surface area contributed by atoms with Crippen LogP contribution in [0.3, 0.4) is 0 Å². The summed E-state index contributed by atoms with van der Waals surface area (Å²) in [5.41, 5.74) is 4.44. The third-order valence-corrected chi connectivity index (χ3v) is 5.20. The molecular formula is C24H28N2O5. The van der Waals surface area contributed by atoms with Crippen LogP contribution in [0, 0.1) is 26.7 Å². The summed E-state index contributed by atoms with van der Waals surface area (Å²) in [6.07, 6.45) is 0.0594. The van der Waals surface area contributed by atoms with E-state index in [4.69, 9.17) is 9.47 Å². The minimum atomic E-state index is -0.602. The average molecular weight is 424 g/mol. The summed E-state index contributed by atoms with van der Waals surface area (Å²) in [6, 6.07) is 11.1. The predicted octanol–water partition coefficient (Wildman–Crippen LogP) is 3.55. The van der Waals surface area contributed by atoms with Crippen molar-refractivity contribution in [1.29, 1.82) is 0 Å². The number of aryl methyl sites for hydroxylation is 3. The lowest BCUT2D eigenvalue weighted by Gasteiger charge is -2.17. The van der Waals surface area contributed by atoms with Crippen molar-refractivity contribution in [2.45, 2.75) is 34.1 Å². The molecule has 0 aliphatic carbocycles. The third-order valence-electron chi connectivity index (χ3n) is 5.20. The number of ether oxygens (including phenoxy) is 2. The molecule has 31 heavy (non-hydrogen) atoms. The van der Waals surface area contributed by atoms with Gasteiger partial charge < -0.3 is 19.7 Å². The Kier molecular flexibility index (Phi) is 6.95. The summed E-state index contributed by atoms with van der Waals surface area (Å²) in [6.45, 7) is 8.13. The quantitative estimate of drug-likeness (QED) is 0.687. The van der Waals surface area contributed by atoms with E-state index in [0.29, 0.717) is 12.3 Å². The zero-order chi connectivity index (χ0) is 22.5. The van der Waals surface area contributed by atoms with Crippen molar-refractivity contribution in [3.8, 4) is 5.75 Å². The zero-order valence-corrected chi connectivity index (χ0v) is 18.4. The normalized spacial score (nSPS) is 15.7. The van der Waals surface area contributed by atoms with E-state index in [2.05, 4.69) is 5.32 Å². The monoisotopic (exact) mass is 424 g/mol. The first-order chi connectivity index (χ1) is 14.8. The van der Waals surface area contributed by atoms with Crippen molar-refractivity contribution in [2.24, 2.45) is 5.92 Å². The average Bonchev–Trinajstić information content (AvgIpc) is 3.11. The van der Waals surface area contributed by atoms with Crippen LogP contribution in [-0.2, 0) is 19.1 Å². The molecule has 1 fully saturated rings. The molecule has 164 valence electrons. The second-order valence-electron chi connectivity index (χ2n) is 7.76. The van der Waals surface area contributed by atoms with E-state index in [1.54, 1.807) is 29.2 Å². The number of esters is 1. The molecule has 1 aliphatic heterocycles. The Morgan fingerprint density at radius 2 is 1.74 bits per heavy atom.